The van der Waals surface area contributed by atoms with E-state index in [0.29, 0.717) is 12.8 Å². The van der Waals surface area contributed by atoms with Gasteiger partial charge in [0, 0.05) is 46.5 Å². The van der Waals surface area contributed by atoms with Crippen molar-refractivity contribution < 1.29 is 13.3 Å². The van der Waals surface area contributed by atoms with Crippen molar-refractivity contribution in [3.8, 4) is 0 Å². The smallest absolute Gasteiger partial charge is 0.377 e. The molecule has 1 aromatic heterocycles. The lowest BCUT2D eigenvalue weighted by Gasteiger charge is -2.30. The minimum Gasteiger partial charge on any atom is -0.377 e. The van der Waals surface area contributed by atoms with Crippen molar-refractivity contribution in [2.45, 2.75) is 71.6 Å². The molecule has 1 heterocycles. The Morgan fingerprint density at radius 3 is 1.48 bits per heavy atom. The highest BCUT2D eigenvalue weighted by Crippen LogP contribution is 2.24. The molecule has 10 heteroatoms. The molecule has 1 unspecified atom stereocenters. The van der Waals surface area contributed by atoms with Crippen LogP contribution < -0.4 is 17.1 Å². The molecule has 0 aliphatic carbocycles. The Morgan fingerprint density at radius 2 is 1.15 bits per heavy atom. The van der Waals surface area contributed by atoms with Crippen molar-refractivity contribution in [3.63, 3.8) is 0 Å². The van der Waals surface area contributed by atoms with Crippen LogP contribution in [-0.4, -0.2) is 43.8 Å². The molecule has 0 aromatic carbocycles. The molecule has 9 nitrogen and oxygen atoms in total. The van der Waals surface area contributed by atoms with Crippen molar-refractivity contribution in [3.05, 3.63) is 31.5 Å². The molecule has 0 amide bonds. The predicted molar refractivity (Wildman–Crippen MR) is 105 cm³/mol. The zero-order chi connectivity index (χ0) is 20.6. The van der Waals surface area contributed by atoms with Gasteiger partial charge in [-0.25, -0.2) is 28.1 Å². The van der Waals surface area contributed by atoms with Gasteiger partial charge in [-0.2, -0.15) is 0 Å². The molecule has 0 fully saturated rings. The molecule has 1 rings (SSSR count). The SMILES string of the molecule is CCCCn1c(=O)n(CCCC)c(=O)n(CC(C)[Si](OC)(OC)OC)c1=O. The monoisotopic (exact) mass is 403 g/mol. The summed E-state index contributed by atoms with van der Waals surface area (Å²) >= 11 is 0. The molecule has 0 saturated carbocycles. The predicted octanol–water partition coefficient (Wildman–Crippen LogP) is 1.04. The number of unbranched alkanes of at least 4 members (excludes halogenated alkanes) is 2. The Hall–Kier alpha value is -1.49. The zero-order valence-corrected chi connectivity index (χ0v) is 18.3. The van der Waals surface area contributed by atoms with Crippen LogP contribution in [0.15, 0.2) is 14.4 Å². The third-order valence-electron chi connectivity index (χ3n) is 4.77. The molecular formula is C17H33N3O6Si. The standard InChI is InChI=1S/C17H33N3O6Si/c1-7-9-11-18-15(21)19(12-10-8-2)17(23)20(16(18)22)13-14(3)27(24-4,25-5)26-6/h14H,7-13H2,1-6H3. The van der Waals surface area contributed by atoms with Gasteiger partial charge in [-0.05, 0) is 12.8 Å². The fourth-order valence-corrected chi connectivity index (χ4v) is 5.21. The molecule has 0 radical (unpaired) electrons. The van der Waals surface area contributed by atoms with Crippen LogP contribution in [0.25, 0.3) is 0 Å². The van der Waals surface area contributed by atoms with Crippen LogP contribution in [0.2, 0.25) is 5.54 Å². The first-order valence-electron chi connectivity index (χ1n) is 9.43. The van der Waals surface area contributed by atoms with E-state index < -0.39 is 25.9 Å². The molecule has 0 aliphatic heterocycles. The highest BCUT2D eigenvalue weighted by molar-refractivity contribution is 6.62. The average molecular weight is 404 g/mol. The van der Waals surface area contributed by atoms with Gasteiger partial charge in [-0.3, -0.25) is 0 Å². The van der Waals surface area contributed by atoms with E-state index in [1.165, 1.54) is 21.3 Å². The molecule has 0 spiro atoms. The molecule has 1 atom stereocenters. The Balaban J connectivity index is 3.50. The van der Waals surface area contributed by atoms with E-state index in [-0.39, 0.29) is 25.2 Å². The van der Waals surface area contributed by atoms with Gasteiger partial charge in [0.05, 0.1) is 0 Å². The first kappa shape index (κ1) is 23.5. The van der Waals surface area contributed by atoms with Gasteiger partial charge in [0.1, 0.15) is 0 Å². The van der Waals surface area contributed by atoms with Crippen LogP contribution in [0.3, 0.4) is 0 Å². The second-order valence-electron chi connectivity index (χ2n) is 6.59. The Morgan fingerprint density at radius 1 is 0.778 bits per heavy atom. The number of rotatable bonds is 12. The van der Waals surface area contributed by atoms with E-state index in [1.54, 1.807) is 0 Å². The molecule has 1 aromatic rings. The maximum absolute atomic E-state index is 12.9. The van der Waals surface area contributed by atoms with E-state index in [9.17, 15) is 14.4 Å². The van der Waals surface area contributed by atoms with Crippen molar-refractivity contribution >= 4 is 8.80 Å². The minimum absolute atomic E-state index is 0.0535. The van der Waals surface area contributed by atoms with Gasteiger partial charge in [0.25, 0.3) is 0 Å². The van der Waals surface area contributed by atoms with Gasteiger partial charge in [0.15, 0.2) is 0 Å². The van der Waals surface area contributed by atoms with Crippen LogP contribution in [0.5, 0.6) is 0 Å². The quantitative estimate of drug-likeness (QED) is 0.484. The third kappa shape index (κ3) is 5.07. The van der Waals surface area contributed by atoms with Crippen LogP contribution in [0.4, 0.5) is 0 Å². The second kappa shape index (κ2) is 10.7. The summed E-state index contributed by atoms with van der Waals surface area (Å²) < 4.78 is 19.8. The normalized spacial score (nSPS) is 13.1. The summed E-state index contributed by atoms with van der Waals surface area (Å²) in [5.74, 6) is 0. The summed E-state index contributed by atoms with van der Waals surface area (Å²) in [6, 6.07) is 0. The summed E-state index contributed by atoms with van der Waals surface area (Å²) in [6.07, 6.45) is 3.04. The maximum Gasteiger partial charge on any atom is 0.504 e. The molecule has 0 aliphatic rings. The number of nitrogens with zero attached hydrogens (tertiary/aromatic N) is 3. The van der Waals surface area contributed by atoms with Gasteiger partial charge < -0.3 is 13.3 Å². The summed E-state index contributed by atoms with van der Waals surface area (Å²) in [7, 11) is 1.42. The average Bonchev–Trinajstić information content (AvgIpc) is 2.67. The summed E-state index contributed by atoms with van der Waals surface area (Å²) in [4.78, 5) is 38.4. The Kier molecular flexibility index (Phi) is 9.37. The second-order valence-corrected chi connectivity index (χ2v) is 10.0. The number of aromatic nitrogens is 3. The zero-order valence-electron chi connectivity index (χ0n) is 17.3. The van der Waals surface area contributed by atoms with Crippen molar-refractivity contribution in [1.82, 2.24) is 13.7 Å². The Bertz CT molecular complexity index is 711. The van der Waals surface area contributed by atoms with Crippen molar-refractivity contribution in [1.29, 1.82) is 0 Å². The van der Waals surface area contributed by atoms with Crippen LogP contribution in [0, 0.1) is 0 Å². The van der Waals surface area contributed by atoms with Gasteiger partial charge in [0.2, 0.25) is 0 Å². The van der Waals surface area contributed by atoms with Gasteiger partial charge in [-0.1, -0.05) is 33.6 Å². The number of hydrogen-bond acceptors (Lipinski definition) is 6. The van der Waals surface area contributed by atoms with E-state index in [1.807, 2.05) is 20.8 Å². The van der Waals surface area contributed by atoms with E-state index in [2.05, 4.69) is 0 Å². The van der Waals surface area contributed by atoms with Crippen molar-refractivity contribution in [2.24, 2.45) is 0 Å². The first-order chi connectivity index (χ1) is 12.8. The highest BCUT2D eigenvalue weighted by Gasteiger charge is 2.45. The van der Waals surface area contributed by atoms with E-state index in [0.717, 1.165) is 26.5 Å². The first-order valence-corrected chi connectivity index (χ1v) is 11.2. The van der Waals surface area contributed by atoms with E-state index >= 15 is 0 Å². The summed E-state index contributed by atoms with van der Waals surface area (Å²) in [6.45, 7) is 6.40. The topological polar surface area (TPSA) is 93.7 Å². The fourth-order valence-electron chi connectivity index (χ4n) is 3.09. The summed E-state index contributed by atoms with van der Waals surface area (Å²) in [5, 5.41) is 0. The molecule has 156 valence electrons. The van der Waals surface area contributed by atoms with E-state index in [4.69, 9.17) is 13.3 Å². The lowest BCUT2D eigenvalue weighted by atomic mass is 10.3. The molecular weight excluding hydrogens is 370 g/mol. The van der Waals surface area contributed by atoms with Gasteiger partial charge >= 0.3 is 25.9 Å². The summed E-state index contributed by atoms with van der Waals surface area (Å²) in [5.41, 5.74) is -2.07. The lowest BCUT2D eigenvalue weighted by molar-refractivity contribution is 0.110. The van der Waals surface area contributed by atoms with Crippen molar-refractivity contribution in [2.75, 3.05) is 21.3 Å². The molecule has 0 bridgehead atoms. The number of hydrogen-bond donors (Lipinski definition) is 0. The minimum atomic E-state index is -3.04. The van der Waals surface area contributed by atoms with Crippen LogP contribution in [-0.2, 0) is 32.9 Å². The Labute approximate surface area is 160 Å². The van der Waals surface area contributed by atoms with Gasteiger partial charge in [-0.15, -0.1) is 0 Å². The molecule has 0 N–H and O–H groups in total. The maximum atomic E-state index is 12.9. The fraction of sp³-hybridized carbons (Fsp3) is 0.824. The lowest BCUT2D eigenvalue weighted by Crippen LogP contribution is -2.56. The molecule has 27 heavy (non-hydrogen) atoms. The molecule has 0 saturated heterocycles. The van der Waals surface area contributed by atoms with Crippen LogP contribution in [0.1, 0.15) is 46.5 Å². The highest BCUT2D eigenvalue weighted by atomic mass is 28.4. The van der Waals surface area contributed by atoms with Crippen LogP contribution >= 0.6 is 0 Å². The largest absolute Gasteiger partial charge is 0.504 e. The third-order valence-corrected chi connectivity index (χ3v) is 7.87.